The van der Waals surface area contributed by atoms with Gasteiger partial charge in [-0.25, -0.2) is 0 Å². The van der Waals surface area contributed by atoms with Crippen LogP contribution in [0.25, 0.3) is 0 Å². The molecule has 0 N–H and O–H groups in total. The second-order valence-corrected chi connectivity index (χ2v) is 4.66. The Labute approximate surface area is 103 Å². The first-order chi connectivity index (χ1) is 8.29. The van der Waals surface area contributed by atoms with Crippen LogP contribution in [0.3, 0.4) is 0 Å². The van der Waals surface area contributed by atoms with E-state index in [1.165, 1.54) is 5.56 Å². The number of hydrogen-bond donors (Lipinski definition) is 0. The molecule has 1 aliphatic heterocycles. The molecule has 1 atom stereocenters. The minimum atomic E-state index is 0.157. The lowest BCUT2D eigenvalue weighted by Gasteiger charge is -2.31. The Morgan fingerprint density at radius 1 is 1.35 bits per heavy atom. The summed E-state index contributed by atoms with van der Waals surface area (Å²) in [7, 11) is 0. The fourth-order valence-electron chi connectivity index (χ4n) is 2.37. The van der Waals surface area contributed by atoms with Gasteiger partial charge in [0.05, 0.1) is 0 Å². The van der Waals surface area contributed by atoms with E-state index in [1.807, 2.05) is 12.1 Å². The topological polar surface area (TPSA) is 20.3 Å². The van der Waals surface area contributed by atoms with Crippen molar-refractivity contribution in [2.75, 3.05) is 13.1 Å². The van der Waals surface area contributed by atoms with Crippen molar-refractivity contribution in [1.29, 1.82) is 0 Å². The van der Waals surface area contributed by atoms with Crippen molar-refractivity contribution in [3.05, 3.63) is 48.6 Å². The van der Waals surface area contributed by atoms with Crippen molar-refractivity contribution in [1.82, 2.24) is 4.90 Å². The fraction of sp³-hybridized carbons (Fsp3) is 0.400. The molecule has 1 aromatic carbocycles. The Balaban J connectivity index is 1.94. The highest BCUT2D eigenvalue weighted by Gasteiger charge is 2.25. The number of carbonyl (C=O) groups is 1. The van der Waals surface area contributed by atoms with E-state index in [0.29, 0.717) is 12.2 Å². The zero-order chi connectivity index (χ0) is 12.1. The number of carbonyl (C=O) groups excluding carboxylic acids is 1. The summed E-state index contributed by atoms with van der Waals surface area (Å²) in [6.45, 7) is 6.44. The van der Waals surface area contributed by atoms with Gasteiger partial charge in [0.25, 0.3) is 0 Å². The van der Waals surface area contributed by atoms with Gasteiger partial charge in [-0.2, -0.15) is 0 Å². The van der Waals surface area contributed by atoms with E-state index in [0.717, 1.165) is 26.1 Å². The van der Waals surface area contributed by atoms with Gasteiger partial charge in [0.1, 0.15) is 5.78 Å². The van der Waals surface area contributed by atoms with Crippen molar-refractivity contribution in [3.8, 4) is 0 Å². The van der Waals surface area contributed by atoms with Crippen LogP contribution >= 0.6 is 0 Å². The Hall–Kier alpha value is -1.41. The van der Waals surface area contributed by atoms with Gasteiger partial charge < -0.3 is 0 Å². The summed E-state index contributed by atoms with van der Waals surface area (Å²) in [6, 6.07) is 10.4. The zero-order valence-electron chi connectivity index (χ0n) is 10.1. The molecule has 0 radical (unpaired) electrons. The van der Waals surface area contributed by atoms with Crippen LogP contribution in [0, 0.1) is 5.92 Å². The van der Waals surface area contributed by atoms with Gasteiger partial charge in [-0.1, -0.05) is 36.4 Å². The molecule has 1 fully saturated rings. The average Bonchev–Trinajstić information content (AvgIpc) is 2.35. The molecule has 1 heterocycles. The zero-order valence-corrected chi connectivity index (χ0v) is 10.1. The van der Waals surface area contributed by atoms with E-state index in [4.69, 9.17) is 0 Å². The van der Waals surface area contributed by atoms with Crippen molar-refractivity contribution >= 4 is 5.78 Å². The summed E-state index contributed by atoms with van der Waals surface area (Å²) in [6.07, 6.45) is 3.35. The molecule has 17 heavy (non-hydrogen) atoms. The molecule has 1 saturated heterocycles. The lowest BCUT2D eigenvalue weighted by atomic mass is 9.93. The molecule has 2 nitrogen and oxygen atoms in total. The van der Waals surface area contributed by atoms with Crippen LogP contribution < -0.4 is 0 Å². The number of Topliss-reactive ketones (excluding diaryl/α,β-unsaturated/α-hetero) is 1. The SMILES string of the molecule is C=CCC1CN(Cc2ccccc2)CCC1=O. The molecule has 1 aliphatic rings. The third-order valence-electron chi connectivity index (χ3n) is 3.31. The standard InChI is InChI=1S/C15H19NO/c1-2-6-14-12-16(10-9-15(14)17)11-13-7-4-3-5-8-13/h2-5,7-8,14H,1,6,9-12H2. The van der Waals surface area contributed by atoms with Crippen LogP contribution in [-0.2, 0) is 11.3 Å². The Morgan fingerprint density at radius 3 is 2.82 bits per heavy atom. The number of ketones is 1. The van der Waals surface area contributed by atoms with Gasteiger partial charge in [-0.05, 0) is 12.0 Å². The highest BCUT2D eigenvalue weighted by atomic mass is 16.1. The second-order valence-electron chi connectivity index (χ2n) is 4.66. The first-order valence-electron chi connectivity index (χ1n) is 6.19. The molecule has 0 aliphatic carbocycles. The summed E-state index contributed by atoms with van der Waals surface area (Å²) in [5, 5.41) is 0. The van der Waals surface area contributed by atoms with Crippen molar-refractivity contribution in [2.24, 2.45) is 5.92 Å². The summed E-state index contributed by atoms with van der Waals surface area (Å²) >= 11 is 0. The number of rotatable bonds is 4. The average molecular weight is 229 g/mol. The summed E-state index contributed by atoms with van der Waals surface area (Å²) in [5.41, 5.74) is 1.32. The molecule has 1 aromatic rings. The predicted molar refractivity (Wildman–Crippen MR) is 69.6 cm³/mol. The van der Waals surface area contributed by atoms with E-state index < -0.39 is 0 Å². The number of allylic oxidation sites excluding steroid dienone is 1. The van der Waals surface area contributed by atoms with E-state index in [-0.39, 0.29) is 5.92 Å². The molecule has 2 rings (SSSR count). The van der Waals surface area contributed by atoms with Crippen LogP contribution in [0.4, 0.5) is 0 Å². The predicted octanol–water partition coefficient (Wildman–Crippen LogP) is 2.65. The first-order valence-corrected chi connectivity index (χ1v) is 6.19. The minimum absolute atomic E-state index is 0.157. The largest absolute Gasteiger partial charge is 0.299 e. The van der Waals surface area contributed by atoms with E-state index in [9.17, 15) is 4.79 Å². The Kier molecular flexibility index (Phi) is 4.10. The number of nitrogens with zero attached hydrogens (tertiary/aromatic N) is 1. The Bertz CT molecular complexity index is 385. The monoisotopic (exact) mass is 229 g/mol. The highest BCUT2D eigenvalue weighted by molar-refractivity contribution is 5.82. The van der Waals surface area contributed by atoms with E-state index in [1.54, 1.807) is 0 Å². The molecule has 0 spiro atoms. The van der Waals surface area contributed by atoms with Crippen LogP contribution in [0.1, 0.15) is 18.4 Å². The number of likely N-dealkylation sites (tertiary alicyclic amines) is 1. The lowest BCUT2D eigenvalue weighted by molar-refractivity contribution is -0.126. The number of hydrogen-bond acceptors (Lipinski definition) is 2. The fourth-order valence-corrected chi connectivity index (χ4v) is 2.37. The minimum Gasteiger partial charge on any atom is -0.299 e. The van der Waals surface area contributed by atoms with Gasteiger partial charge in [-0.3, -0.25) is 9.69 Å². The van der Waals surface area contributed by atoms with E-state index >= 15 is 0 Å². The van der Waals surface area contributed by atoms with Crippen molar-refractivity contribution in [3.63, 3.8) is 0 Å². The summed E-state index contributed by atoms with van der Waals surface area (Å²) < 4.78 is 0. The van der Waals surface area contributed by atoms with Crippen LogP contribution in [-0.4, -0.2) is 23.8 Å². The molecule has 2 heteroatoms. The van der Waals surface area contributed by atoms with Gasteiger partial charge in [0.2, 0.25) is 0 Å². The maximum Gasteiger partial charge on any atom is 0.138 e. The van der Waals surface area contributed by atoms with Gasteiger partial charge in [-0.15, -0.1) is 6.58 Å². The second kappa shape index (κ2) is 5.78. The molecule has 1 unspecified atom stereocenters. The van der Waals surface area contributed by atoms with Gasteiger partial charge in [0, 0.05) is 32.0 Å². The first kappa shape index (κ1) is 12.1. The van der Waals surface area contributed by atoms with Crippen LogP contribution in [0.15, 0.2) is 43.0 Å². The van der Waals surface area contributed by atoms with Crippen LogP contribution in [0.2, 0.25) is 0 Å². The molecular formula is C15H19NO. The third kappa shape index (κ3) is 3.27. The normalized spacial score (nSPS) is 21.4. The maximum absolute atomic E-state index is 11.7. The lowest BCUT2D eigenvalue weighted by Crippen LogP contribution is -2.40. The summed E-state index contributed by atoms with van der Waals surface area (Å²) in [4.78, 5) is 14.1. The Morgan fingerprint density at radius 2 is 2.12 bits per heavy atom. The smallest absolute Gasteiger partial charge is 0.138 e. The molecule has 0 aromatic heterocycles. The van der Waals surface area contributed by atoms with Gasteiger partial charge >= 0.3 is 0 Å². The molecular weight excluding hydrogens is 210 g/mol. The molecule has 90 valence electrons. The number of benzene rings is 1. The van der Waals surface area contributed by atoms with E-state index in [2.05, 4.69) is 35.7 Å². The van der Waals surface area contributed by atoms with Crippen molar-refractivity contribution < 1.29 is 4.79 Å². The summed E-state index contributed by atoms with van der Waals surface area (Å²) in [5.74, 6) is 0.555. The quantitative estimate of drug-likeness (QED) is 0.740. The maximum atomic E-state index is 11.7. The molecule has 0 bridgehead atoms. The molecule has 0 saturated carbocycles. The van der Waals surface area contributed by atoms with Gasteiger partial charge in [0.15, 0.2) is 0 Å². The van der Waals surface area contributed by atoms with Crippen molar-refractivity contribution in [2.45, 2.75) is 19.4 Å². The molecule has 0 amide bonds. The highest BCUT2D eigenvalue weighted by Crippen LogP contribution is 2.18. The third-order valence-corrected chi connectivity index (χ3v) is 3.31. The number of piperidine rings is 1. The van der Waals surface area contributed by atoms with Crippen LogP contribution in [0.5, 0.6) is 0 Å².